The number of carbonyl (C=O) groups is 3. The number of hydrogen-bond acceptors (Lipinski definition) is 4. The van der Waals surface area contributed by atoms with Gasteiger partial charge in [-0.25, -0.2) is 4.79 Å². The van der Waals surface area contributed by atoms with Crippen LogP contribution in [-0.2, 0) is 14.4 Å². The SMILES string of the molecule is CC(C)=CCC/C(C)=C/CC/C(C)=C/CSC[C@H](NC(=O)CC(C)(C)C(N)=O)C(=O)O. The van der Waals surface area contributed by atoms with E-state index in [4.69, 9.17) is 5.73 Å². The van der Waals surface area contributed by atoms with Gasteiger partial charge in [0, 0.05) is 17.9 Å². The van der Waals surface area contributed by atoms with Crippen LogP contribution in [0, 0.1) is 5.41 Å². The molecule has 0 bridgehead atoms. The minimum Gasteiger partial charge on any atom is -0.480 e. The van der Waals surface area contributed by atoms with E-state index < -0.39 is 29.2 Å². The van der Waals surface area contributed by atoms with Crippen LogP contribution in [0.1, 0.15) is 73.6 Å². The number of amides is 2. The molecular weight excluding hydrogens is 412 g/mol. The number of thioether (sulfide) groups is 1. The summed E-state index contributed by atoms with van der Waals surface area (Å²) in [6.07, 6.45) is 10.6. The first-order valence-corrected chi connectivity index (χ1v) is 11.8. The van der Waals surface area contributed by atoms with Crippen molar-refractivity contribution in [1.82, 2.24) is 5.32 Å². The van der Waals surface area contributed by atoms with Gasteiger partial charge in [-0.3, -0.25) is 9.59 Å². The molecule has 2 amide bonds. The smallest absolute Gasteiger partial charge is 0.327 e. The standard InChI is InChI=1S/C24H40N2O4S/c1-17(2)9-7-10-18(3)11-8-12-19(4)13-14-31-16-20(22(28)29)26-21(27)15-24(5,6)23(25)30/h9,11,13,20H,7-8,10,12,14-16H2,1-6H3,(H2,25,30)(H,26,27)(H,28,29)/b18-11+,19-13+/t20-/m0/s1. The number of primary amides is 1. The van der Waals surface area contributed by atoms with Gasteiger partial charge in [-0.05, 0) is 53.4 Å². The number of rotatable bonds is 15. The molecule has 0 aliphatic carbocycles. The normalized spacial score (nSPS) is 13.5. The van der Waals surface area contributed by atoms with Crippen molar-refractivity contribution in [3.63, 3.8) is 0 Å². The maximum Gasteiger partial charge on any atom is 0.327 e. The Labute approximate surface area is 191 Å². The Morgan fingerprint density at radius 1 is 1.00 bits per heavy atom. The highest BCUT2D eigenvalue weighted by molar-refractivity contribution is 7.99. The Morgan fingerprint density at radius 2 is 1.55 bits per heavy atom. The average molecular weight is 453 g/mol. The molecule has 0 aliphatic rings. The number of nitrogens with two attached hydrogens (primary N) is 1. The van der Waals surface area contributed by atoms with Gasteiger partial charge < -0.3 is 16.2 Å². The Kier molecular flexibility index (Phi) is 13.9. The number of aliphatic carboxylic acids is 1. The van der Waals surface area contributed by atoms with Crippen molar-refractivity contribution in [2.75, 3.05) is 11.5 Å². The molecule has 1 atom stereocenters. The molecule has 6 nitrogen and oxygen atoms in total. The molecule has 0 saturated heterocycles. The van der Waals surface area contributed by atoms with E-state index in [1.54, 1.807) is 13.8 Å². The van der Waals surface area contributed by atoms with E-state index in [9.17, 15) is 19.5 Å². The van der Waals surface area contributed by atoms with Gasteiger partial charge in [0.2, 0.25) is 11.8 Å². The fourth-order valence-electron chi connectivity index (χ4n) is 2.63. The number of carboxylic acid groups (broad SMARTS) is 1. The van der Waals surface area contributed by atoms with Gasteiger partial charge >= 0.3 is 5.97 Å². The Hall–Kier alpha value is -2.02. The first-order valence-electron chi connectivity index (χ1n) is 10.7. The molecule has 0 aliphatic heterocycles. The summed E-state index contributed by atoms with van der Waals surface area (Å²) in [5.74, 6) is -1.24. The molecular formula is C24H40N2O4S. The lowest BCUT2D eigenvalue weighted by Crippen LogP contribution is -2.45. The summed E-state index contributed by atoms with van der Waals surface area (Å²) in [5, 5.41) is 11.8. The predicted molar refractivity (Wildman–Crippen MR) is 130 cm³/mol. The maximum atomic E-state index is 12.1. The fraction of sp³-hybridized carbons (Fsp3) is 0.625. The van der Waals surface area contributed by atoms with Crippen LogP contribution >= 0.6 is 11.8 Å². The summed E-state index contributed by atoms with van der Waals surface area (Å²) in [7, 11) is 0. The zero-order chi connectivity index (χ0) is 24.0. The number of allylic oxidation sites excluding steroid dienone is 5. The molecule has 0 saturated carbocycles. The molecule has 0 rings (SSSR count). The lowest BCUT2D eigenvalue weighted by molar-refractivity contribution is -0.141. The number of nitrogens with one attached hydrogen (secondary N) is 1. The second kappa shape index (κ2) is 14.9. The Bertz CT molecular complexity index is 704. The van der Waals surface area contributed by atoms with Gasteiger partial charge in [0.1, 0.15) is 6.04 Å². The van der Waals surface area contributed by atoms with Crippen molar-refractivity contribution >= 4 is 29.5 Å². The Morgan fingerprint density at radius 3 is 2.06 bits per heavy atom. The topological polar surface area (TPSA) is 109 Å². The molecule has 0 aromatic rings. The van der Waals surface area contributed by atoms with Gasteiger partial charge in [0.25, 0.3) is 0 Å². The van der Waals surface area contributed by atoms with Crippen LogP contribution in [0.2, 0.25) is 0 Å². The molecule has 0 aromatic carbocycles. The largest absolute Gasteiger partial charge is 0.480 e. The van der Waals surface area contributed by atoms with Crippen molar-refractivity contribution in [2.24, 2.45) is 11.1 Å². The average Bonchev–Trinajstić information content (AvgIpc) is 2.63. The van der Waals surface area contributed by atoms with Crippen LogP contribution in [0.25, 0.3) is 0 Å². The quantitative estimate of drug-likeness (QED) is 0.248. The molecule has 0 radical (unpaired) electrons. The first-order chi connectivity index (χ1) is 14.3. The Balaban J connectivity index is 4.38. The van der Waals surface area contributed by atoms with Crippen LogP contribution in [-0.4, -0.2) is 40.4 Å². The van der Waals surface area contributed by atoms with E-state index in [2.05, 4.69) is 51.2 Å². The van der Waals surface area contributed by atoms with Gasteiger partial charge in [0.05, 0.1) is 5.41 Å². The van der Waals surface area contributed by atoms with Gasteiger partial charge in [-0.15, -0.1) is 0 Å². The van der Waals surface area contributed by atoms with Crippen molar-refractivity contribution in [3.05, 3.63) is 34.9 Å². The molecule has 31 heavy (non-hydrogen) atoms. The molecule has 7 heteroatoms. The van der Waals surface area contributed by atoms with Crippen LogP contribution in [0.15, 0.2) is 34.9 Å². The summed E-state index contributed by atoms with van der Waals surface area (Å²) in [6.45, 7) is 11.6. The third kappa shape index (κ3) is 14.6. The molecule has 0 spiro atoms. The molecule has 0 fully saturated rings. The first kappa shape index (κ1) is 29.0. The third-order valence-corrected chi connectivity index (χ3v) is 5.83. The lowest BCUT2D eigenvalue weighted by Gasteiger charge is -2.21. The number of carbonyl (C=O) groups excluding carboxylic acids is 2. The monoisotopic (exact) mass is 452 g/mol. The van der Waals surface area contributed by atoms with E-state index in [-0.39, 0.29) is 12.2 Å². The highest BCUT2D eigenvalue weighted by Gasteiger charge is 2.30. The number of carboxylic acids is 1. The molecule has 176 valence electrons. The highest BCUT2D eigenvalue weighted by Crippen LogP contribution is 2.19. The molecule has 4 N–H and O–H groups in total. The summed E-state index contributed by atoms with van der Waals surface area (Å²) in [5.41, 5.74) is 8.27. The van der Waals surface area contributed by atoms with E-state index in [0.29, 0.717) is 5.75 Å². The van der Waals surface area contributed by atoms with Gasteiger partial charge in [-0.1, -0.05) is 48.8 Å². The molecule has 0 heterocycles. The van der Waals surface area contributed by atoms with E-state index >= 15 is 0 Å². The van der Waals surface area contributed by atoms with E-state index in [0.717, 1.165) is 25.7 Å². The van der Waals surface area contributed by atoms with E-state index in [1.807, 2.05) is 0 Å². The highest BCUT2D eigenvalue weighted by atomic mass is 32.2. The van der Waals surface area contributed by atoms with E-state index in [1.165, 1.54) is 28.5 Å². The minimum atomic E-state index is -1.09. The summed E-state index contributed by atoms with van der Waals surface area (Å²) in [6, 6.07) is -0.999. The summed E-state index contributed by atoms with van der Waals surface area (Å²) in [4.78, 5) is 34.9. The third-order valence-electron chi connectivity index (χ3n) is 4.86. The minimum absolute atomic E-state index is 0.142. The van der Waals surface area contributed by atoms with Crippen molar-refractivity contribution < 1.29 is 19.5 Å². The predicted octanol–water partition coefficient (Wildman–Crippen LogP) is 4.61. The van der Waals surface area contributed by atoms with Gasteiger partial charge in [0.15, 0.2) is 0 Å². The molecule has 0 aromatic heterocycles. The fourth-order valence-corrected chi connectivity index (χ4v) is 3.63. The maximum absolute atomic E-state index is 12.1. The van der Waals surface area contributed by atoms with Crippen molar-refractivity contribution in [2.45, 2.75) is 79.7 Å². The van der Waals surface area contributed by atoms with Crippen molar-refractivity contribution in [1.29, 1.82) is 0 Å². The summed E-state index contributed by atoms with van der Waals surface area (Å²) < 4.78 is 0. The summed E-state index contributed by atoms with van der Waals surface area (Å²) >= 11 is 1.45. The zero-order valence-electron chi connectivity index (χ0n) is 19.9. The zero-order valence-corrected chi connectivity index (χ0v) is 20.7. The van der Waals surface area contributed by atoms with Gasteiger partial charge in [-0.2, -0.15) is 11.8 Å². The van der Waals surface area contributed by atoms with Crippen molar-refractivity contribution in [3.8, 4) is 0 Å². The molecule has 0 unspecified atom stereocenters. The van der Waals surface area contributed by atoms with Crippen LogP contribution < -0.4 is 11.1 Å². The van der Waals surface area contributed by atoms with Crippen LogP contribution in [0.4, 0.5) is 0 Å². The van der Waals surface area contributed by atoms with Crippen LogP contribution in [0.3, 0.4) is 0 Å². The second-order valence-corrected chi connectivity index (χ2v) is 9.96. The lowest BCUT2D eigenvalue weighted by atomic mass is 9.88. The van der Waals surface area contributed by atoms with Crippen LogP contribution in [0.5, 0.6) is 0 Å². The number of hydrogen-bond donors (Lipinski definition) is 3. The second-order valence-electron chi connectivity index (χ2n) is 8.88.